The van der Waals surface area contributed by atoms with Gasteiger partial charge in [-0.2, -0.15) is 5.10 Å². The molecule has 1 aliphatic heterocycles. The molecule has 0 aliphatic carbocycles. The van der Waals surface area contributed by atoms with Crippen molar-refractivity contribution in [2.24, 2.45) is 0 Å². The Bertz CT molecular complexity index is 1550. The molecule has 4 aromatic rings. The number of rotatable bonds is 6. The van der Waals surface area contributed by atoms with Gasteiger partial charge in [0.15, 0.2) is 11.5 Å². The summed E-state index contributed by atoms with van der Waals surface area (Å²) in [5.41, 5.74) is 2.00. The summed E-state index contributed by atoms with van der Waals surface area (Å²) in [6.45, 7) is 2.84. The molecule has 40 heavy (non-hydrogen) atoms. The number of ether oxygens (including phenoxy) is 1. The predicted molar refractivity (Wildman–Crippen MR) is 149 cm³/mol. The monoisotopic (exact) mass is 542 g/mol. The van der Waals surface area contributed by atoms with Crippen molar-refractivity contribution in [1.82, 2.24) is 30.0 Å². The van der Waals surface area contributed by atoms with Gasteiger partial charge >= 0.3 is 11.8 Å². The largest absolute Gasteiger partial charge is 0.456 e. The van der Waals surface area contributed by atoms with Crippen molar-refractivity contribution in [3.63, 3.8) is 0 Å². The smallest absolute Gasteiger partial charge is 0.312 e. The molecule has 5 rings (SSSR count). The van der Waals surface area contributed by atoms with Crippen molar-refractivity contribution in [3.8, 4) is 11.5 Å². The number of carbonyl (C=O) groups excluding carboxylic acids is 3. The maximum Gasteiger partial charge on any atom is 0.312 e. The molecule has 0 radical (unpaired) electrons. The quantitative estimate of drug-likeness (QED) is 0.315. The van der Waals surface area contributed by atoms with Crippen LogP contribution in [0.1, 0.15) is 28.8 Å². The van der Waals surface area contributed by atoms with Gasteiger partial charge in [-0.15, -0.1) is 0 Å². The number of anilines is 2. The van der Waals surface area contributed by atoms with Crippen LogP contribution in [-0.2, 0) is 9.59 Å². The minimum atomic E-state index is -0.541. The molecule has 1 unspecified atom stereocenters. The number of aromatic amines is 1. The molecule has 0 bridgehead atoms. The van der Waals surface area contributed by atoms with Gasteiger partial charge in [0, 0.05) is 57.3 Å². The lowest BCUT2D eigenvalue weighted by molar-refractivity contribution is -0.150. The fourth-order valence-corrected chi connectivity index (χ4v) is 4.51. The molecule has 1 saturated heterocycles. The summed E-state index contributed by atoms with van der Waals surface area (Å²) in [6, 6.07) is 12.1. The zero-order valence-electron chi connectivity index (χ0n) is 22.5. The number of pyridine rings is 2. The maximum atomic E-state index is 12.6. The zero-order chi connectivity index (χ0) is 28.2. The van der Waals surface area contributed by atoms with Crippen molar-refractivity contribution in [2.75, 3.05) is 37.8 Å². The van der Waals surface area contributed by atoms with E-state index in [4.69, 9.17) is 4.74 Å². The number of aryl methyl sites for hydroxylation is 1. The van der Waals surface area contributed by atoms with Crippen LogP contribution in [0, 0.1) is 6.92 Å². The van der Waals surface area contributed by atoms with Crippen LogP contribution in [0.3, 0.4) is 0 Å². The molecule has 1 aliphatic rings. The van der Waals surface area contributed by atoms with Crippen LogP contribution in [0.4, 0.5) is 11.6 Å². The second-order valence-electron chi connectivity index (χ2n) is 9.84. The Hall–Kier alpha value is -5.00. The fraction of sp³-hybridized carbons (Fsp3) is 0.286. The lowest BCUT2D eigenvalue weighted by atomic mass is 10.1. The van der Waals surface area contributed by atoms with Gasteiger partial charge in [-0.1, -0.05) is 0 Å². The zero-order valence-corrected chi connectivity index (χ0v) is 22.5. The summed E-state index contributed by atoms with van der Waals surface area (Å²) >= 11 is 0. The molecule has 3 aromatic heterocycles. The van der Waals surface area contributed by atoms with Crippen molar-refractivity contribution in [3.05, 3.63) is 66.0 Å². The van der Waals surface area contributed by atoms with Crippen LogP contribution in [0.5, 0.6) is 11.5 Å². The summed E-state index contributed by atoms with van der Waals surface area (Å²) in [5, 5.41) is 14.2. The van der Waals surface area contributed by atoms with Crippen LogP contribution in [0.25, 0.3) is 11.0 Å². The Kier molecular flexibility index (Phi) is 7.58. The normalized spacial score (nSPS) is 15.0. The molecular formula is C28H30N8O4. The number of piperidine rings is 1. The number of hydrogen-bond acceptors (Lipinski definition) is 8. The van der Waals surface area contributed by atoms with E-state index in [1.807, 2.05) is 13.0 Å². The third-order valence-corrected chi connectivity index (χ3v) is 6.56. The number of fused-ring (bicyclic) bond motifs is 1. The lowest BCUT2D eigenvalue weighted by Crippen LogP contribution is -2.50. The van der Waals surface area contributed by atoms with Gasteiger partial charge in [0.2, 0.25) is 0 Å². The van der Waals surface area contributed by atoms with E-state index in [-0.39, 0.29) is 11.9 Å². The molecule has 206 valence electrons. The molecular weight excluding hydrogens is 512 g/mol. The topological polar surface area (TPSA) is 145 Å². The standard InChI is InChI=1S/C28H30N8O4/c1-17-10-12-29-22(15-17)32-26(37)18-6-8-20(9-7-18)40-21-11-13-30-24-23(21)25(34-33-24)31-19-5-4-14-36(16-19)28(39)27(38)35(2)3/h6-13,15,19H,4-5,14,16H2,1-3H3,(H,29,32,37)(H2,30,31,33,34). The van der Waals surface area contributed by atoms with Crippen molar-refractivity contribution >= 4 is 40.4 Å². The van der Waals surface area contributed by atoms with Crippen LogP contribution in [0.15, 0.2) is 54.9 Å². The number of likely N-dealkylation sites (N-methyl/N-ethyl adjacent to an activating group) is 1. The van der Waals surface area contributed by atoms with Crippen LogP contribution in [0.2, 0.25) is 0 Å². The third-order valence-electron chi connectivity index (χ3n) is 6.56. The summed E-state index contributed by atoms with van der Waals surface area (Å²) in [5.74, 6) is 0.750. The van der Waals surface area contributed by atoms with E-state index in [9.17, 15) is 14.4 Å². The summed E-state index contributed by atoms with van der Waals surface area (Å²) in [6.07, 6.45) is 4.83. The van der Waals surface area contributed by atoms with Gasteiger partial charge in [-0.05, 0) is 61.7 Å². The molecule has 12 heteroatoms. The first-order valence-corrected chi connectivity index (χ1v) is 12.9. The van der Waals surface area contributed by atoms with Crippen molar-refractivity contribution in [2.45, 2.75) is 25.8 Å². The first kappa shape index (κ1) is 26.6. The molecule has 1 atom stereocenters. The highest BCUT2D eigenvalue weighted by molar-refractivity contribution is 6.34. The Balaban J connectivity index is 1.29. The number of carbonyl (C=O) groups is 3. The highest BCUT2D eigenvalue weighted by Crippen LogP contribution is 2.33. The highest BCUT2D eigenvalue weighted by Gasteiger charge is 2.29. The van der Waals surface area contributed by atoms with E-state index in [0.717, 1.165) is 18.4 Å². The first-order chi connectivity index (χ1) is 19.3. The van der Waals surface area contributed by atoms with E-state index >= 15 is 0 Å². The number of likely N-dealkylation sites (tertiary alicyclic amines) is 1. The molecule has 3 N–H and O–H groups in total. The van der Waals surface area contributed by atoms with E-state index in [1.165, 1.54) is 4.90 Å². The molecule has 4 heterocycles. The minimum absolute atomic E-state index is 0.104. The van der Waals surface area contributed by atoms with Crippen LogP contribution in [-0.4, -0.2) is 80.9 Å². The Morgan fingerprint density at radius 2 is 1.85 bits per heavy atom. The Labute approximate surface area is 230 Å². The lowest BCUT2D eigenvalue weighted by Gasteiger charge is -2.33. The average molecular weight is 543 g/mol. The molecule has 0 saturated carbocycles. The Morgan fingerprint density at radius 1 is 1.07 bits per heavy atom. The summed E-state index contributed by atoms with van der Waals surface area (Å²) < 4.78 is 6.17. The maximum absolute atomic E-state index is 12.6. The van der Waals surface area contributed by atoms with Gasteiger partial charge in [-0.3, -0.25) is 19.5 Å². The van der Waals surface area contributed by atoms with Gasteiger partial charge < -0.3 is 25.2 Å². The number of hydrogen-bond donors (Lipinski definition) is 3. The van der Waals surface area contributed by atoms with E-state index in [0.29, 0.717) is 52.8 Å². The van der Waals surface area contributed by atoms with Crippen LogP contribution < -0.4 is 15.4 Å². The second kappa shape index (κ2) is 11.4. The molecule has 1 aromatic carbocycles. The van der Waals surface area contributed by atoms with Crippen LogP contribution >= 0.6 is 0 Å². The molecule has 0 spiro atoms. The minimum Gasteiger partial charge on any atom is -0.456 e. The number of nitrogens with one attached hydrogen (secondary N) is 3. The van der Waals surface area contributed by atoms with Gasteiger partial charge in [0.25, 0.3) is 5.91 Å². The van der Waals surface area contributed by atoms with E-state index < -0.39 is 11.8 Å². The number of aromatic nitrogens is 4. The second-order valence-corrected chi connectivity index (χ2v) is 9.84. The summed E-state index contributed by atoms with van der Waals surface area (Å²) in [4.78, 5) is 48.7. The van der Waals surface area contributed by atoms with E-state index in [1.54, 1.807) is 67.8 Å². The van der Waals surface area contributed by atoms with Gasteiger partial charge in [-0.25, -0.2) is 9.97 Å². The molecule has 1 fully saturated rings. The average Bonchev–Trinajstić information content (AvgIpc) is 3.36. The number of benzene rings is 1. The van der Waals surface area contributed by atoms with Gasteiger partial charge in [0.05, 0.1) is 0 Å². The SMILES string of the molecule is Cc1ccnc(NC(=O)c2ccc(Oc3ccnc4[nH]nc(NC5CCCN(C(=O)C(=O)N(C)C)C5)c34)cc2)c1. The third kappa shape index (κ3) is 5.85. The number of H-pyrrole nitrogens is 1. The highest BCUT2D eigenvalue weighted by atomic mass is 16.5. The predicted octanol–water partition coefficient (Wildman–Crippen LogP) is 3.20. The van der Waals surface area contributed by atoms with Crippen molar-refractivity contribution in [1.29, 1.82) is 0 Å². The first-order valence-electron chi connectivity index (χ1n) is 12.9. The van der Waals surface area contributed by atoms with Gasteiger partial charge in [0.1, 0.15) is 22.7 Å². The van der Waals surface area contributed by atoms with Crippen molar-refractivity contribution < 1.29 is 19.1 Å². The number of amides is 3. The summed E-state index contributed by atoms with van der Waals surface area (Å²) in [7, 11) is 3.13. The molecule has 3 amide bonds. The fourth-order valence-electron chi connectivity index (χ4n) is 4.51. The van der Waals surface area contributed by atoms with E-state index in [2.05, 4.69) is 30.8 Å². The molecule has 12 nitrogen and oxygen atoms in total. The Morgan fingerprint density at radius 3 is 2.60 bits per heavy atom. The number of nitrogens with zero attached hydrogens (tertiary/aromatic N) is 5.